The molecule has 0 amide bonds. The van der Waals surface area contributed by atoms with Crippen molar-refractivity contribution in [1.82, 2.24) is 0 Å². The van der Waals surface area contributed by atoms with E-state index in [9.17, 15) is 0 Å². The molecule has 0 aliphatic rings. The number of para-hydroxylation sites is 2. The van der Waals surface area contributed by atoms with Crippen molar-refractivity contribution in [2.45, 2.75) is 0 Å². The first kappa shape index (κ1) is 27.9. The fraction of sp³-hybridized carbons (Fsp3) is 0. The van der Waals surface area contributed by atoms with Crippen LogP contribution < -0.4 is 4.90 Å². The third-order valence-corrected chi connectivity index (χ3v) is 10.8. The molecule has 0 aliphatic carbocycles. The van der Waals surface area contributed by atoms with Gasteiger partial charge in [-0.15, -0.1) is 11.3 Å². The first-order chi connectivity index (χ1) is 24.3. The number of furan rings is 1. The molecule has 0 unspecified atom stereocenters. The molecule has 0 atom stereocenters. The van der Waals surface area contributed by atoms with Crippen molar-refractivity contribution < 1.29 is 4.42 Å². The van der Waals surface area contributed by atoms with Crippen LogP contribution in [0.5, 0.6) is 0 Å². The highest BCUT2D eigenvalue weighted by Gasteiger charge is 2.20. The van der Waals surface area contributed by atoms with Crippen LogP contribution in [0.3, 0.4) is 0 Å². The minimum Gasteiger partial charge on any atom is -0.454 e. The molecule has 0 spiro atoms. The molecule has 0 saturated heterocycles. The van der Waals surface area contributed by atoms with Crippen LogP contribution in [0.4, 0.5) is 17.1 Å². The van der Waals surface area contributed by atoms with Gasteiger partial charge < -0.3 is 9.32 Å². The van der Waals surface area contributed by atoms with Gasteiger partial charge in [-0.05, 0) is 81.6 Å². The summed E-state index contributed by atoms with van der Waals surface area (Å²) >= 11 is 1.87. The lowest BCUT2D eigenvalue weighted by atomic mass is 9.95. The van der Waals surface area contributed by atoms with E-state index in [1.54, 1.807) is 0 Å². The third-order valence-electron chi connectivity index (χ3n) is 9.68. The van der Waals surface area contributed by atoms with Crippen LogP contribution in [-0.2, 0) is 0 Å². The molecule has 0 aliphatic heterocycles. The van der Waals surface area contributed by atoms with Gasteiger partial charge in [0.2, 0.25) is 0 Å². The molecular formula is C46H29NOS. The fourth-order valence-electron chi connectivity index (χ4n) is 7.39. The van der Waals surface area contributed by atoms with Gasteiger partial charge in [-0.25, -0.2) is 0 Å². The minimum absolute atomic E-state index is 0.876. The second-order valence-electron chi connectivity index (χ2n) is 12.5. The zero-order valence-corrected chi connectivity index (χ0v) is 27.3. The lowest BCUT2D eigenvalue weighted by molar-refractivity contribution is 0.669. The van der Waals surface area contributed by atoms with Crippen LogP contribution in [0.1, 0.15) is 0 Å². The number of thiophene rings is 1. The number of benzene rings is 8. The summed E-state index contributed by atoms with van der Waals surface area (Å²) in [5, 5.41) is 7.48. The van der Waals surface area contributed by atoms with Crippen molar-refractivity contribution >= 4 is 81.3 Å². The van der Waals surface area contributed by atoms with E-state index >= 15 is 0 Å². The Labute approximate surface area is 287 Å². The Morgan fingerprint density at radius 3 is 1.78 bits per heavy atom. The number of nitrogens with zero attached hydrogens (tertiary/aromatic N) is 1. The van der Waals surface area contributed by atoms with Gasteiger partial charge >= 0.3 is 0 Å². The molecule has 2 heterocycles. The summed E-state index contributed by atoms with van der Waals surface area (Å²) in [6, 6.07) is 63.1. The van der Waals surface area contributed by atoms with Crippen molar-refractivity contribution in [3.05, 3.63) is 176 Å². The Kier molecular flexibility index (Phi) is 6.39. The zero-order chi connectivity index (χ0) is 32.3. The number of fused-ring (bicyclic) bond motifs is 8. The van der Waals surface area contributed by atoms with Crippen LogP contribution in [0.15, 0.2) is 180 Å². The standard InChI is InChI=1S/C46H29NOS/c1-2-11-30(12-3-1)31-21-25-33(26-22-31)47(41-18-10-17-38-36-14-6-8-19-42(36)48-46(38)41)34-27-23-32(24-28-34)40-29-44-45(37-15-5-4-13-35(37)40)39-16-7-9-20-43(39)49-44/h1-29H. The first-order valence-corrected chi connectivity index (χ1v) is 17.4. The molecule has 8 aromatic carbocycles. The monoisotopic (exact) mass is 643 g/mol. The van der Waals surface area contributed by atoms with Crippen LogP contribution in [0.25, 0.3) is 75.1 Å². The normalized spacial score (nSPS) is 11.7. The van der Waals surface area contributed by atoms with E-state index in [0.717, 1.165) is 39.0 Å². The Hall–Kier alpha value is -6.16. The van der Waals surface area contributed by atoms with E-state index in [2.05, 4.69) is 169 Å². The Morgan fingerprint density at radius 1 is 0.408 bits per heavy atom. The van der Waals surface area contributed by atoms with Crippen LogP contribution in [0.2, 0.25) is 0 Å². The predicted octanol–water partition coefficient (Wildman–Crippen LogP) is 13.9. The molecular weight excluding hydrogens is 615 g/mol. The van der Waals surface area contributed by atoms with E-state index in [0.29, 0.717) is 0 Å². The van der Waals surface area contributed by atoms with Crippen LogP contribution in [0, 0.1) is 0 Å². The Balaban J connectivity index is 1.14. The molecule has 10 rings (SSSR count). The summed E-state index contributed by atoms with van der Waals surface area (Å²) in [5.41, 5.74) is 9.74. The minimum atomic E-state index is 0.876. The molecule has 0 N–H and O–H groups in total. The molecule has 0 fully saturated rings. The quantitative estimate of drug-likeness (QED) is 0.186. The lowest BCUT2D eigenvalue weighted by Gasteiger charge is -2.26. The SMILES string of the molecule is c1ccc(-c2ccc(N(c3ccc(-c4cc5sc6ccccc6c5c5ccccc45)cc3)c3cccc4c3oc3ccccc34)cc2)cc1. The van der Waals surface area contributed by atoms with E-state index in [-0.39, 0.29) is 0 Å². The van der Waals surface area contributed by atoms with Crippen molar-refractivity contribution in [3.63, 3.8) is 0 Å². The van der Waals surface area contributed by atoms with Crippen molar-refractivity contribution in [3.8, 4) is 22.3 Å². The predicted molar refractivity (Wildman–Crippen MR) is 210 cm³/mol. The van der Waals surface area contributed by atoms with Gasteiger partial charge in [0.25, 0.3) is 0 Å². The van der Waals surface area contributed by atoms with E-state index in [1.165, 1.54) is 53.2 Å². The summed E-state index contributed by atoms with van der Waals surface area (Å²) in [7, 11) is 0. The molecule has 230 valence electrons. The largest absolute Gasteiger partial charge is 0.454 e. The molecule has 2 aromatic heterocycles. The third kappa shape index (κ3) is 4.55. The second kappa shape index (κ2) is 11.2. The highest BCUT2D eigenvalue weighted by molar-refractivity contribution is 7.26. The maximum atomic E-state index is 6.57. The van der Waals surface area contributed by atoms with Crippen molar-refractivity contribution in [2.24, 2.45) is 0 Å². The molecule has 0 bridgehead atoms. The molecule has 0 radical (unpaired) electrons. The summed E-state index contributed by atoms with van der Waals surface area (Å²) in [6.07, 6.45) is 0. The Bertz CT molecular complexity index is 2810. The summed E-state index contributed by atoms with van der Waals surface area (Å²) in [6.45, 7) is 0. The van der Waals surface area contributed by atoms with Gasteiger partial charge in [-0.3, -0.25) is 0 Å². The van der Waals surface area contributed by atoms with E-state index in [1.807, 2.05) is 23.5 Å². The molecule has 2 nitrogen and oxygen atoms in total. The molecule has 10 aromatic rings. The van der Waals surface area contributed by atoms with Crippen molar-refractivity contribution in [1.29, 1.82) is 0 Å². The van der Waals surface area contributed by atoms with Gasteiger partial charge in [0.05, 0.1) is 5.69 Å². The fourth-order valence-corrected chi connectivity index (χ4v) is 8.55. The molecule has 0 saturated carbocycles. The van der Waals surface area contributed by atoms with Gasteiger partial charge in [0, 0.05) is 42.3 Å². The van der Waals surface area contributed by atoms with Gasteiger partial charge in [-0.2, -0.15) is 0 Å². The topological polar surface area (TPSA) is 16.4 Å². The van der Waals surface area contributed by atoms with E-state index < -0.39 is 0 Å². The number of rotatable bonds is 5. The van der Waals surface area contributed by atoms with Crippen LogP contribution >= 0.6 is 11.3 Å². The maximum Gasteiger partial charge on any atom is 0.159 e. The van der Waals surface area contributed by atoms with Crippen LogP contribution in [-0.4, -0.2) is 0 Å². The second-order valence-corrected chi connectivity index (χ2v) is 13.6. The smallest absolute Gasteiger partial charge is 0.159 e. The number of anilines is 3. The lowest BCUT2D eigenvalue weighted by Crippen LogP contribution is -2.10. The molecule has 3 heteroatoms. The highest BCUT2D eigenvalue weighted by atomic mass is 32.1. The molecule has 49 heavy (non-hydrogen) atoms. The van der Waals surface area contributed by atoms with Crippen molar-refractivity contribution in [2.75, 3.05) is 4.90 Å². The maximum absolute atomic E-state index is 6.57. The van der Waals surface area contributed by atoms with Gasteiger partial charge in [0.15, 0.2) is 5.58 Å². The Morgan fingerprint density at radius 2 is 1.00 bits per heavy atom. The van der Waals surface area contributed by atoms with Gasteiger partial charge in [-0.1, -0.05) is 127 Å². The summed E-state index contributed by atoms with van der Waals surface area (Å²) in [4.78, 5) is 2.32. The van der Waals surface area contributed by atoms with Gasteiger partial charge in [0.1, 0.15) is 5.58 Å². The number of hydrogen-bond donors (Lipinski definition) is 0. The average molecular weight is 644 g/mol. The zero-order valence-electron chi connectivity index (χ0n) is 26.5. The van der Waals surface area contributed by atoms with E-state index in [4.69, 9.17) is 4.42 Å². The highest BCUT2D eigenvalue weighted by Crippen LogP contribution is 2.45. The summed E-state index contributed by atoms with van der Waals surface area (Å²) in [5.74, 6) is 0. The first-order valence-electron chi connectivity index (χ1n) is 16.6. The summed E-state index contributed by atoms with van der Waals surface area (Å²) < 4.78 is 9.21. The number of hydrogen-bond acceptors (Lipinski definition) is 3. The average Bonchev–Trinajstić information content (AvgIpc) is 3.75.